The van der Waals surface area contributed by atoms with Crippen LogP contribution >= 0.6 is 12.2 Å². The Balaban J connectivity index is 1.60. The van der Waals surface area contributed by atoms with E-state index in [0.717, 1.165) is 28.8 Å². The highest BCUT2D eigenvalue weighted by Gasteiger charge is 1.98. The molecule has 0 amide bonds. The molecule has 0 radical (unpaired) electrons. The summed E-state index contributed by atoms with van der Waals surface area (Å²) in [5.74, 6) is 12.9. The predicted molar refractivity (Wildman–Crippen MR) is 135 cm³/mol. The minimum atomic E-state index is 0.786. The van der Waals surface area contributed by atoms with Crippen molar-refractivity contribution in [2.24, 2.45) is 4.99 Å². The van der Waals surface area contributed by atoms with Gasteiger partial charge in [-0.1, -0.05) is 74.1 Å². The lowest BCUT2D eigenvalue weighted by atomic mass is 10.0. The first-order chi connectivity index (χ1) is 15.3. The predicted octanol–water partition coefficient (Wildman–Crippen LogP) is 7.81. The molecule has 152 valence electrons. The average molecular weight is 420 g/mol. The molecule has 0 atom stereocenters. The van der Waals surface area contributed by atoms with E-state index in [1.807, 2.05) is 24.3 Å². The molecule has 0 aliphatic rings. The Hall–Kier alpha value is -3.42. The highest BCUT2D eigenvalue weighted by molar-refractivity contribution is 7.78. The summed E-state index contributed by atoms with van der Waals surface area (Å²) in [7, 11) is 0. The lowest BCUT2D eigenvalue weighted by Gasteiger charge is -2.02. The molecule has 3 aromatic rings. The van der Waals surface area contributed by atoms with Crippen molar-refractivity contribution in [3.63, 3.8) is 0 Å². The van der Waals surface area contributed by atoms with Gasteiger partial charge in [-0.3, -0.25) is 0 Å². The van der Waals surface area contributed by atoms with Crippen LogP contribution in [0, 0.1) is 23.7 Å². The van der Waals surface area contributed by atoms with E-state index in [2.05, 4.69) is 102 Å². The van der Waals surface area contributed by atoms with Crippen LogP contribution in [0.5, 0.6) is 0 Å². The van der Waals surface area contributed by atoms with Gasteiger partial charge >= 0.3 is 0 Å². The Bertz CT molecular complexity index is 1140. The van der Waals surface area contributed by atoms with Crippen molar-refractivity contribution in [3.05, 3.63) is 89.5 Å². The Morgan fingerprint density at radius 3 is 1.68 bits per heavy atom. The molecule has 0 saturated heterocycles. The van der Waals surface area contributed by atoms with Crippen LogP contribution in [0.25, 0.3) is 11.1 Å². The molecule has 0 spiro atoms. The summed E-state index contributed by atoms with van der Waals surface area (Å²) in [4.78, 5) is 3.95. The second-order valence-corrected chi connectivity index (χ2v) is 7.45. The summed E-state index contributed by atoms with van der Waals surface area (Å²) in [6.45, 7) is 2.23. The zero-order chi connectivity index (χ0) is 21.7. The van der Waals surface area contributed by atoms with Crippen molar-refractivity contribution in [2.45, 2.75) is 39.0 Å². The Labute approximate surface area is 191 Å². The number of hydrogen-bond donors (Lipinski definition) is 0. The number of hydrogen-bond acceptors (Lipinski definition) is 2. The Morgan fingerprint density at radius 2 is 1.16 bits per heavy atom. The molecule has 0 saturated carbocycles. The molecular formula is C29H25NS. The normalized spacial score (nSPS) is 9.58. The highest BCUT2D eigenvalue weighted by atomic mass is 32.1. The van der Waals surface area contributed by atoms with Gasteiger partial charge in [-0.2, -0.15) is 4.99 Å². The summed E-state index contributed by atoms with van der Waals surface area (Å²) < 4.78 is 0. The average Bonchev–Trinajstić information content (AvgIpc) is 2.82. The summed E-state index contributed by atoms with van der Waals surface area (Å²) in [5, 5.41) is 2.37. The largest absolute Gasteiger partial charge is 0.195 e. The second kappa shape index (κ2) is 12.3. The van der Waals surface area contributed by atoms with Crippen LogP contribution in [-0.4, -0.2) is 5.16 Å². The van der Waals surface area contributed by atoms with E-state index < -0.39 is 0 Å². The molecule has 0 aliphatic heterocycles. The molecule has 31 heavy (non-hydrogen) atoms. The van der Waals surface area contributed by atoms with Crippen molar-refractivity contribution >= 4 is 23.1 Å². The van der Waals surface area contributed by atoms with Gasteiger partial charge in [0.15, 0.2) is 0 Å². The molecule has 0 aliphatic carbocycles. The van der Waals surface area contributed by atoms with Crippen molar-refractivity contribution in [2.75, 3.05) is 0 Å². The summed E-state index contributed by atoms with van der Waals surface area (Å²) in [6, 6.07) is 24.4. The van der Waals surface area contributed by atoms with Gasteiger partial charge < -0.3 is 0 Å². The lowest BCUT2D eigenvalue weighted by Crippen LogP contribution is -1.81. The van der Waals surface area contributed by atoms with Crippen LogP contribution in [0.4, 0.5) is 5.69 Å². The van der Waals surface area contributed by atoms with Crippen molar-refractivity contribution in [1.29, 1.82) is 0 Å². The number of isothiocyanates is 1. The molecule has 0 unspecified atom stereocenters. The SMILES string of the molecule is CCCCCCC#Cc1ccc(-c2ccc(C#Cc3ccc(N=C=S)cc3)cc2)cc1. The van der Waals surface area contributed by atoms with Crippen molar-refractivity contribution in [3.8, 4) is 34.8 Å². The second-order valence-electron chi connectivity index (χ2n) is 7.27. The third-order valence-electron chi connectivity index (χ3n) is 4.88. The van der Waals surface area contributed by atoms with E-state index in [-0.39, 0.29) is 0 Å². The van der Waals surface area contributed by atoms with E-state index in [4.69, 9.17) is 0 Å². The Morgan fingerprint density at radius 1 is 0.645 bits per heavy atom. The van der Waals surface area contributed by atoms with Crippen LogP contribution in [0.15, 0.2) is 77.8 Å². The van der Waals surface area contributed by atoms with Gasteiger partial charge in [0.2, 0.25) is 0 Å². The van der Waals surface area contributed by atoms with E-state index >= 15 is 0 Å². The molecule has 0 bridgehead atoms. The number of unbranched alkanes of at least 4 members (excludes halogenated alkanes) is 4. The number of rotatable bonds is 6. The highest BCUT2D eigenvalue weighted by Crippen LogP contribution is 2.20. The van der Waals surface area contributed by atoms with E-state index in [0.29, 0.717) is 0 Å². The molecule has 0 aromatic heterocycles. The van der Waals surface area contributed by atoms with Gasteiger partial charge in [-0.05, 0) is 78.3 Å². The first-order valence-electron chi connectivity index (χ1n) is 10.7. The molecule has 0 N–H and O–H groups in total. The zero-order valence-electron chi connectivity index (χ0n) is 17.8. The Kier molecular flexibility index (Phi) is 8.85. The molecule has 3 rings (SSSR count). The van der Waals surface area contributed by atoms with Crippen molar-refractivity contribution < 1.29 is 0 Å². The molecule has 3 aromatic carbocycles. The van der Waals surface area contributed by atoms with Crippen LogP contribution in [0.3, 0.4) is 0 Å². The van der Waals surface area contributed by atoms with Gasteiger partial charge in [-0.25, -0.2) is 0 Å². The smallest absolute Gasteiger partial charge is 0.0740 e. The van der Waals surface area contributed by atoms with Crippen LogP contribution < -0.4 is 0 Å². The van der Waals surface area contributed by atoms with E-state index in [1.54, 1.807) is 0 Å². The van der Waals surface area contributed by atoms with Crippen LogP contribution in [0.1, 0.15) is 55.7 Å². The maximum atomic E-state index is 4.62. The maximum Gasteiger partial charge on any atom is 0.0740 e. The van der Waals surface area contributed by atoms with Gasteiger partial charge in [0, 0.05) is 23.1 Å². The van der Waals surface area contributed by atoms with Gasteiger partial charge in [0.05, 0.1) is 10.8 Å². The topological polar surface area (TPSA) is 12.4 Å². The van der Waals surface area contributed by atoms with Gasteiger partial charge in [0.1, 0.15) is 0 Å². The number of thiocarbonyl (C=S) groups is 1. The molecular weight excluding hydrogens is 394 g/mol. The third-order valence-corrected chi connectivity index (χ3v) is 4.98. The number of nitrogens with zero attached hydrogens (tertiary/aromatic N) is 1. The first kappa shape index (κ1) is 22.3. The standard InChI is InChI=1S/C29H25NS/c1-2-3-4-5-6-7-8-24-11-17-27(18-12-24)28-19-13-25(14-20-28)9-10-26-15-21-29(22-16-26)30-23-31/h11-22H,2-6H2,1H3. The van der Waals surface area contributed by atoms with Gasteiger partial charge in [0.25, 0.3) is 0 Å². The quantitative estimate of drug-likeness (QED) is 0.172. The van der Waals surface area contributed by atoms with Crippen LogP contribution in [0.2, 0.25) is 0 Å². The summed E-state index contributed by atoms with van der Waals surface area (Å²) >= 11 is 4.62. The van der Waals surface area contributed by atoms with Crippen LogP contribution in [-0.2, 0) is 0 Å². The molecule has 2 heteroatoms. The fourth-order valence-electron chi connectivity index (χ4n) is 3.11. The number of benzene rings is 3. The number of aliphatic imine (C=N–C) groups is 1. The fraction of sp³-hybridized carbons (Fsp3) is 0.207. The van der Waals surface area contributed by atoms with E-state index in [9.17, 15) is 0 Å². The monoisotopic (exact) mass is 419 g/mol. The summed E-state index contributed by atoms with van der Waals surface area (Å²) in [5.41, 5.74) is 6.14. The maximum absolute atomic E-state index is 4.62. The molecule has 0 fully saturated rings. The van der Waals surface area contributed by atoms with E-state index in [1.165, 1.54) is 36.8 Å². The van der Waals surface area contributed by atoms with Crippen molar-refractivity contribution in [1.82, 2.24) is 0 Å². The first-order valence-corrected chi connectivity index (χ1v) is 11.1. The molecule has 1 nitrogen and oxygen atoms in total. The zero-order valence-corrected chi connectivity index (χ0v) is 18.6. The molecule has 0 heterocycles. The summed E-state index contributed by atoms with van der Waals surface area (Å²) in [6.07, 6.45) is 6.02. The fourth-order valence-corrected chi connectivity index (χ4v) is 3.22. The minimum Gasteiger partial charge on any atom is -0.195 e. The minimum absolute atomic E-state index is 0.786. The lowest BCUT2D eigenvalue weighted by molar-refractivity contribution is 0.679. The third kappa shape index (κ3) is 7.40. The van der Waals surface area contributed by atoms with Gasteiger partial charge in [-0.15, -0.1) is 0 Å².